The summed E-state index contributed by atoms with van der Waals surface area (Å²) in [7, 11) is 0. The van der Waals surface area contributed by atoms with Crippen molar-refractivity contribution in [1.29, 1.82) is 0 Å². The number of anilines is 2. The van der Waals surface area contributed by atoms with Crippen LogP contribution >= 0.6 is 34.8 Å². The van der Waals surface area contributed by atoms with Gasteiger partial charge in [-0.1, -0.05) is 66.1 Å². The standard InChI is InChI=1S/C23H27F3IN3OS/c24-23(25,26)18-10-11-20(30-12-4-2-1-3-5-13-30)19(14-18)28-22(32)29-21(31)17-8-6-16(15-27)7-9-17/h6-11,14,21,31H,1-5,12-13,15H2,(H2,28,29,32). The first-order valence-electron chi connectivity index (χ1n) is 10.6. The molecule has 9 heteroatoms. The number of thiocarbonyl (C=S) groups is 1. The van der Waals surface area contributed by atoms with E-state index in [1.165, 1.54) is 12.5 Å². The first-order valence-corrected chi connectivity index (χ1v) is 12.6. The van der Waals surface area contributed by atoms with Gasteiger partial charge in [0.1, 0.15) is 0 Å². The molecule has 174 valence electrons. The first kappa shape index (κ1) is 25.0. The van der Waals surface area contributed by atoms with Gasteiger partial charge in [-0.25, -0.2) is 0 Å². The average molecular weight is 577 g/mol. The van der Waals surface area contributed by atoms with Crippen LogP contribution in [0.15, 0.2) is 42.5 Å². The molecular formula is C23H27F3IN3OS. The molecule has 1 fully saturated rings. The van der Waals surface area contributed by atoms with Crippen molar-refractivity contribution >= 4 is 51.3 Å². The molecule has 1 aliphatic heterocycles. The van der Waals surface area contributed by atoms with Gasteiger partial charge in [0.2, 0.25) is 0 Å². The smallest absolute Gasteiger partial charge is 0.370 e. The molecule has 1 unspecified atom stereocenters. The number of halogens is 4. The van der Waals surface area contributed by atoms with Crippen LogP contribution in [0.3, 0.4) is 0 Å². The van der Waals surface area contributed by atoms with Gasteiger partial charge in [-0.3, -0.25) is 0 Å². The summed E-state index contributed by atoms with van der Waals surface area (Å²) in [5, 5.41) is 16.2. The summed E-state index contributed by atoms with van der Waals surface area (Å²) in [4.78, 5) is 2.11. The number of rotatable bonds is 5. The molecule has 0 aromatic heterocycles. The van der Waals surface area contributed by atoms with Crippen molar-refractivity contribution in [2.24, 2.45) is 0 Å². The van der Waals surface area contributed by atoms with E-state index in [9.17, 15) is 18.3 Å². The van der Waals surface area contributed by atoms with Gasteiger partial charge in [-0.2, -0.15) is 13.2 Å². The highest BCUT2D eigenvalue weighted by Gasteiger charge is 2.31. The lowest BCUT2D eigenvalue weighted by Gasteiger charge is -2.30. The quantitative estimate of drug-likeness (QED) is 0.167. The number of alkyl halides is 4. The number of hydrogen-bond donors (Lipinski definition) is 3. The van der Waals surface area contributed by atoms with Gasteiger partial charge >= 0.3 is 6.18 Å². The predicted octanol–water partition coefficient (Wildman–Crippen LogP) is 6.39. The third-order valence-corrected chi connectivity index (χ3v) is 6.59. The summed E-state index contributed by atoms with van der Waals surface area (Å²) in [6.07, 6.45) is -0.125. The van der Waals surface area contributed by atoms with E-state index in [1.54, 1.807) is 12.1 Å². The number of nitrogens with one attached hydrogen (secondary N) is 2. The van der Waals surface area contributed by atoms with E-state index >= 15 is 0 Å². The van der Waals surface area contributed by atoms with E-state index in [0.29, 0.717) is 11.3 Å². The van der Waals surface area contributed by atoms with Gasteiger partial charge in [0.15, 0.2) is 11.3 Å². The van der Waals surface area contributed by atoms with Crippen LogP contribution in [0.1, 0.15) is 55.0 Å². The van der Waals surface area contributed by atoms with E-state index < -0.39 is 18.0 Å². The van der Waals surface area contributed by atoms with Crippen molar-refractivity contribution < 1.29 is 18.3 Å². The Hall–Kier alpha value is -1.59. The van der Waals surface area contributed by atoms with Crippen molar-refractivity contribution in [2.45, 2.75) is 48.9 Å². The van der Waals surface area contributed by atoms with E-state index in [0.717, 1.165) is 60.9 Å². The predicted molar refractivity (Wildman–Crippen MR) is 135 cm³/mol. The maximum atomic E-state index is 13.4. The van der Waals surface area contributed by atoms with Gasteiger partial charge in [-0.15, -0.1) is 0 Å². The number of hydrogen-bond acceptors (Lipinski definition) is 3. The number of aliphatic hydroxyl groups is 1. The van der Waals surface area contributed by atoms with Crippen molar-refractivity contribution in [1.82, 2.24) is 5.32 Å². The second kappa shape index (κ2) is 11.5. The number of benzene rings is 2. The molecule has 1 heterocycles. The lowest BCUT2D eigenvalue weighted by molar-refractivity contribution is -0.137. The average Bonchev–Trinajstić information content (AvgIpc) is 2.73. The van der Waals surface area contributed by atoms with Crippen LogP contribution < -0.4 is 15.5 Å². The Bertz CT molecular complexity index is 900. The topological polar surface area (TPSA) is 47.5 Å². The number of aliphatic hydroxyl groups excluding tert-OH is 1. The Kier molecular flexibility index (Phi) is 9.01. The minimum Gasteiger partial charge on any atom is -0.370 e. The highest BCUT2D eigenvalue weighted by atomic mass is 127. The zero-order valence-corrected chi connectivity index (χ0v) is 20.6. The van der Waals surface area contributed by atoms with Crippen molar-refractivity contribution in [2.75, 3.05) is 23.3 Å². The summed E-state index contributed by atoms with van der Waals surface area (Å²) >= 11 is 7.58. The molecule has 3 N–H and O–H groups in total. The van der Waals surface area contributed by atoms with Crippen LogP contribution in [0.2, 0.25) is 0 Å². The van der Waals surface area contributed by atoms with E-state index in [4.69, 9.17) is 12.2 Å². The van der Waals surface area contributed by atoms with Crippen LogP contribution in [0, 0.1) is 0 Å². The lowest BCUT2D eigenvalue weighted by Crippen LogP contribution is -2.34. The van der Waals surface area contributed by atoms with Gasteiger partial charge in [0, 0.05) is 23.1 Å². The third kappa shape index (κ3) is 6.95. The van der Waals surface area contributed by atoms with E-state index in [1.807, 2.05) is 12.1 Å². The fourth-order valence-corrected chi connectivity index (χ4v) is 4.46. The van der Waals surface area contributed by atoms with Crippen molar-refractivity contribution in [3.05, 3.63) is 59.2 Å². The molecule has 1 atom stereocenters. The molecule has 1 aliphatic rings. The molecular weight excluding hydrogens is 550 g/mol. The maximum absolute atomic E-state index is 13.4. The SMILES string of the molecule is OC(NC(=S)Nc1cc(C(F)(F)F)ccc1N1CCCCCCC1)c1ccc(CI)cc1. The maximum Gasteiger partial charge on any atom is 0.416 e. The van der Waals surface area contributed by atoms with Gasteiger partial charge in [0.05, 0.1) is 16.9 Å². The van der Waals surface area contributed by atoms with Crippen molar-refractivity contribution in [3.63, 3.8) is 0 Å². The molecule has 1 saturated heterocycles. The minimum atomic E-state index is -4.46. The summed E-state index contributed by atoms with van der Waals surface area (Å²) in [6.45, 7) is 1.57. The van der Waals surface area contributed by atoms with Gasteiger partial charge < -0.3 is 20.6 Å². The van der Waals surface area contributed by atoms with E-state index in [-0.39, 0.29) is 10.8 Å². The Labute approximate surface area is 205 Å². The molecule has 4 nitrogen and oxygen atoms in total. The normalized spacial score (nSPS) is 16.1. The second-order valence-corrected chi connectivity index (χ2v) is 9.03. The van der Waals surface area contributed by atoms with Crippen LogP contribution in [0.5, 0.6) is 0 Å². The molecule has 32 heavy (non-hydrogen) atoms. The fourth-order valence-electron chi connectivity index (χ4n) is 3.73. The summed E-state index contributed by atoms with van der Waals surface area (Å²) < 4.78 is 40.9. The second-order valence-electron chi connectivity index (χ2n) is 7.86. The molecule has 2 aromatic rings. The molecule has 0 bridgehead atoms. The third-order valence-electron chi connectivity index (χ3n) is 5.49. The molecule has 2 aromatic carbocycles. The van der Waals surface area contributed by atoms with Gasteiger partial charge in [0.25, 0.3) is 0 Å². The lowest BCUT2D eigenvalue weighted by atomic mass is 10.1. The first-order chi connectivity index (χ1) is 15.3. The fraction of sp³-hybridized carbons (Fsp3) is 0.435. The number of nitrogens with zero attached hydrogens (tertiary/aromatic N) is 1. The van der Waals surface area contributed by atoms with E-state index in [2.05, 4.69) is 38.1 Å². The Morgan fingerprint density at radius 1 is 1.03 bits per heavy atom. The summed E-state index contributed by atoms with van der Waals surface area (Å²) in [6, 6.07) is 11.1. The largest absolute Gasteiger partial charge is 0.416 e. The highest BCUT2D eigenvalue weighted by Crippen LogP contribution is 2.36. The monoisotopic (exact) mass is 577 g/mol. The Balaban J connectivity index is 1.79. The zero-order valence-electron chi connectivity index (χ0n) is 17.6. The Morgan fingerprint density at radius 2 is 1.66 bits per heavy atom. The van der Waals surface area contributed by atoms with Crippen LogP contribution in [0.4, 0.5) is 24.5 Å². The zero-order chi connectivity index (χ0) is 23.1. The van der Waals surface area contributed by atoms with Crippen molar-refractivity contribution in [3.8, 4) is 0 Å². The molecule has 0 spiro atoms. The summed E-state index contributed by atoms with van der Waals surface area (Å²) in [5.41, 5.74) is 1.98. The molecule has 0 aliphatic carbocycles. The Morgan fingerprint density at radius 3 is 2.25 bits per heavy atom. The van der Waals surface area contributed by atoms with Gasteiger partial charge in [-0.05, 0) is 48.8 Å². The highest BCUT2D eigenvalue weighted by molar-refractivity contribution is 14.1. The van der Waals surface area contributed by atoms with Crippen LogP contribution in [0.25, 0.3) is 0 Å². The van der Waals surface area contributed by atoms with Crippen LogP contribution in [-0.4, -0.2) is 23.3 Å². The molecule has 0 amide bonds. The molecule has 0 radical (unpaired) electrons. The summed E-state index contributed by atoms with van der Waals surface area (Å²) in [5.74, 6) is 0. The molecule has 0 saturated carbocycles. The van der Waals surface area contributed by atoms with Crippen LogP contribution in [-0.2, 0) is 10.6 Å². The minimum absolute atomic E-state index is 0.0584. The molecule has 3 rings (SSSR count).